The Bertz CT molecular complexity index is 3110. The van der Waals surface area contributed by atoms with E-state index in [1.54, 1.807) is 72.9 Å². The zero-order valence-electron chi connectivity index (χ0n) is 50.2. The van der Waals surface area contributed by atoms with Crippen molar-refractivity contribution in [1.82, 2.24) is 67.7 Å². The quantitative estimate of drug-likeness (QED) is 0.0176. The first-order chi connectivity index (χ1) is 41.2. The number of aromatic hydroxyl groups is 1. The number of phenolic OH excluding ortho intramolecular Hbond substituents is 1. The number of aromatic nitrogens is 3. The van der Waals surface area contributed by atoms with E-state index < -0.39 is 119 Å². The fourth-order valence-electron chi connectivity index (χ4n) is 10.4. The van der Waals surface area contributed by atoms with Gasteiger partial charge in [-0.2, -0.15) is 0 Å². The van der Waals surface area contributed by atoms with Crippen LogP contribution in [0.25, 0.3) is 10.9 Å². The molecule has 4 aromatic rings. The van der Waals surface area contributed by atoms with Crippen LogP contribution >= 0.6 is 0 Å². The van der Waals surface area contributed by atoms with Crippen molar-refractivity contribution in [3.8, 4) is 5.75 Å². The summed E-state index contributed by atoms with van der Waals surface area (Å²) in [4.78, 5) is 156. The Hall–Kier alpha value is -9.08. The minimum Gasteiger partial charge on any atom is -0.508 e. The molecule has 472 valence electrons. The van der Waals surface area contributed by atoms with Gasteiger partial charge in [0.05, 0.1) is 12.9 Å². The number of amides is 10. The number of imidazole rings is 1. The van der Waals surface area contributed by atoms with Gasteiger partial charge < -0.3 is 84.4 Å². The fraction of sp³-hybridized carbons (Fsp3) is 0.525. The van der Waals surface area contributed by atoms with Crippen molar-refractivity contribution in [1.29, 1.82) is 0 Å². The zero-order valence-corrected chi connectivity index (χ0v) is 50.2. The number of hydrogen-bond acceptors (Lipinski definition) is 14. The van der Waals surface area contributed by atoms with Crippen molar-refractivity contribution in [2.75, 3.05) is 26.2 Å². The molecule has 9 atom stereocenters. The number of phenols is 1. The highest BCUT2D eigenvalue weighted by Crippen LogP contribution is 2.26. The first kappa shape index (κ1) is 67.1. The number of nitrogens with zero attached hydrogens (tertiary/aromatic N) is 3. The third-order valence-corrected chi connectivity index (χ3v) is 15.1. The Labute approximate surface area is 504 Å². The third-order valence-electron chi connectivity index (χ3n) is 15.1. The van der Waals surface area contributed by atoms with Crippen molar-refractivity contribution >= 4 is 75.9 Å². The van der Waals surface area contributed by atoms with Crippen LogP contribution in [-0.2, 0) is 67.2 Å². The van der Waals surface area contributed by atoms with Crippen molar-refractivity contribution in [2.45, 2.75) is 161 Å². The standard InChI is InChI=1S/C59H84N16O12/c1-8-63-53(84)44-16-12-24-75(44)56(87)39(15-11-23-64-57(60)61)68-54(85)46(58(2,3)4)74-55(86)47(59(5,6)7)73-51(82)40(25-32-17-19-35(77)20-18-32)69-52(83)43(30-76)72-49(80)41(26-33-28-65-37-14-10-9-13-36(33)37)70-50(81)42(27-34-29-62-31-66-34)71-48(79)38-21-22-45(78)67-38/h9-10,13-14,17-20,28-29,31,38-44,46-47,65,76-77H,8,11-12,15-16,21-27,30H2,1-7H3,(H,62,66)(H,63,84)(H,67,78)(H,68,85)(H,69,83)(H,70,81)(H,71,79)(H,72,80)(H,73,82)(H,74,86)(H4,60,61,64)/t38?,39-,40-,41-,42?,43?,44?,46+,47?/m0/s1. The topological polar surface area (TPSA) is 432 Å². The van der Waals surface area contributed by atoms with Crippen molar-refractivity contribution in [2.24, 2.45) is 27.3 Å². The Morgan fingerprint density at radius 2 is 1.30 bits per heavy atom. The number of guanidine groups is 1. The third kappa shape index (κ3) is 19.0. The molecule has 2 aliphatic rings. The number of aromatic amines is 2. The van der Waals surface area contributed by atoms with Crippen LogP contribution in [0.1, 0.15) is 104 Å². The summed E-state index contributed by atoms with van der Waals surface area (Å²) in [6.07, 6.45) is 5.58. The van der Waals surface area contributed by atoms with E-state index >= 15 is 0 Å². The summed E-state index contributed by atoms with van der Waals surface area (Å²) in [6.45, 7) is 11.6. The summed E-state index contributed by atoms with van der Waals surface area (Å²) in [7, 11) is 0. The molecule has 0 bridgehead atoms. The number of benzene rings is 2. The first-order valence-electron chi connectivity index (χ1n) is 29.1. The average Bonchev–Trinajstić information content (AvgIpc) is 2.33. The summed E-state index contributed by atoms with van der Waals surface area (Å²) in [5.41, 5.74) is 11.2. The second kappa shape index (κ2) is 30.3. The number of rotatable bonds is 28. The molecule has 2 aromatic heterocycles. The van der Waals surface area contributed by atoms with Crippen LogP contribution in [0.15, 0.2) is 72.2 Å². The number of likely N-dealkylation sites (tertiary alicyclic amines) is 1. The van der Waals surface area contributed by atoms with E-state index in [1.807, 2.05) is 6.07 Å². The van der Waals surface area contributed by atoms with Crippen LogP contribution in [0.4, 0.5) is 0 Å². The Kier molecular flexibility index (Phi) is 23.4. The molecule has 0 spiro atoms. The van der Waals surface area contributed by atoms with Crippen molar-refractivity contribution in [3.05, 3.63) is 84.1 Å². The van der Waals surface area contributed by atoms with Crippen LogP contribution in [-0.4, -0.2) is 176 Å². The molecule has 4 heterocycles. The molecule has 0 radical (unpaired) electrons. The van der Waals surface area contributed by atoms with Gasteiger partial charge in [0.1, 0.15) is 60.1 Å². The molecule has 6 rings (SSSR count). The summed E-state index contributed by atoms with van der Waals surface area (Å²) in [5.74, 6) is -7.32. The highest BCUT2D eigenvalue weighted by Gasteiger charge is 2.43. The van der Waals surface area contributed by atoms with Crippen LogP contribution in [0, 0.1) is 10.8 Å². The predicted octanol–water partition coefficient (Wildman–Crippen LogP) is -1.44. The maximum atomic E-state index is 14.8. The van der Waals surface area contributed by atoms with Gasteiger partial charge in [-0.05, 0) is 79.2 Å². The molecule has 2 aliphatic heterocycles. The van der Waals surface area contributed by atoms with E-state index in [4.69, 9.17) is 11.5 Å². The molecule has 0 saturated carbocycles. The van der Waals surface area contributed by atoms with Crippen molar-refractivity contribution in [3.63, 3.8) is 0 Å². The molecule has 2 aromatic carbocycles. The molecule has 2 fully saturated rings. The lowest BCUT2D eigenvalue weighted by Gasteiger charge is -2.37. The van der Waals surface area contributed by atoms with Crippen LogP contribution in [0.3, 0.4) is 0 Å². The van der Waals surface area contributed by atoms with Gasteiger partial charge in [-0.1, -0.05) is 71.9 Å². The smallest absolute Gasteiger partial charge is 0.245 e. The molecule has 5 unspecified atom stereocenters. The molecule has 28 heteroatoms. The predicted molar refractivity (Wildman–Crippen MR) is 320 cm³/mol. The van der Waals surface area contributed by atoms with Gasteiger partial charge >= 0.3 is 0 Å². The van der Waals surface area contributed by atoms with Gasteiger partial charge in [0, 0.05) is 74.3 Å². The van der Waals surface area contributed by atoms with Gasteiger partial charge in [-0.3, -0.25) is 52.9 Å². The monoisotopic (exact) mass is 1210 g/mol. The molecule has 87 heavy (non-hydrogen) atoms. The number of likely N-dealkylation sites (N-methyl/N-ethyl adjacent to an activating group) is 1. The number of carbonyl (C=O) groups excluding carboxylic acids is 10. The highest BCUT2D eigenvalue weighted by molar-refractivity contribution is 6.00. The lowest BCUT2D eigenvalue weighted by atomic mass is 9.83. The number of carbonyl (C=O) groups is 10. The molecule has 28 nitrogen and oxygen atoms in total. The van der Waals surface area contributed by atoms with Crippen LogP contribution in [0.2, 0.25) is 0 Å². The average molecular weight is 1210 g/mol. The number of nitrogens with two attached hydrogens (primary N) is 2. The van der Waals surface area contributed by atoms with E-state index in [0.29, 0.717) is 47.1 Å². The first-order valence-corrected chi connectivity index (χ1v) is 29.1. The zero-order chi connectivity index (χ0) is 63.8. The maximum absolute atomic E-state index is 14.8. The minimum absolute atomic E-state index is 0.0707. The number of nitrogens with one attached hydrogen (secondary N) is 11. The number of H-pyrrole nitrogens is 2. The highest BCUT2D eigenvalue weighted by atomic mass is 16.3. The van der Waals surface area contributed by atoms with Gasteiger partial charge in [0.25, 0.3) is 0 Å². The van der Waals surface area contributed by atoms with E-state index in [-0.39, 0.29) is 81.6 Å². The summed E-state index contributed by atoms with van der Waals surface area (Å²) < 4.78 is 0. The Balaban J connectivity index is 1.23. The maximum Gasteiger partial charge on any atom is 0.245 e. The number of fused-ring (bicyclic) bond motifs is 1. The lowest BCUT2D eigenvalue weighted by molar-refractivity contribution is -0.142. The van der Waals surface area contributed by atoms with Gasteiger partial charge in [0.15, 0.2) is 5.96 Å². The summed E-state index contributed by atoms with van der Waals surface area (Å²) in [6, 6.07) is 1.27. The van der Waals surface area contributed by atoms with Crippen molar-refractivity contribution < 1.29 is 58.2 Å². The molecule has 10 amide bonds. The second-order valence-electron chi connectivity index (χ2n) is 24.0. The van der Waals surface area contributed by atoms with E-state index in [2.05, 4.69) is 67.8 Å². The second-order valence-corrected chi connectivity index (χ2v) is 24.0. The molecule has 0 aliphatic carbocycles. The minimum atomic E-state index is -1.76. The summed E-state index contributed by atoms with van der Waals surface area (Å²) >= 11 is 0. The van der Waals surface area contributed by atoms with Gasteiger partial charge in [0.2, 0.25) is 59.1 Å². The number of aliphatic imine (C=N–C) groups is 1. The molecular formula is C59H84N16O12. The van der Waals surface area contributed by atoms with E-state index in [9.17, 15) is 58.2 Å². The summed E-state index contributed by atoms with van der Waals surface area (Å²) in [5, 5.41) is 45.9. The van der Waals surface area contributed by atoms with Crippen LogP contribution < -0.4 is 59.3 Å². The van der Waals surface area contributed by atoms with Gasteiger partial charge in [-0.15, -0.1) is 0 Å². The van der Waals surface area contributed by atoms with E-state index in [0.717, 1.165) is 0 Å². The lowest BCUT2D eigenvalue weighted by Crippen LogP contribution is -2.64. The number of hydrogen-bond donors (Lipinski definition) is 15. The molecular weight excluding hydrogens is 1120 g/mol. The largest absolute Gasteiger partial charge is 0.508 e. The van der Waals surface area contributed by atoms with E-state index in [1.165, 1.54) is 41.7 Å². The SMILES string of the molecule is CCNC(=O)C1CCCN1C(=O)[C@H](CCCN=C(N)N)NC(=O)[C@@H](NC(=O)C(NC(=O)[C@H](Cc1ccc(O)cc1)NC(=O)C(CO)NC(=O)[C@H](Cc1c[nH]c2ccccc12)NC(=O)C(Cc1cnc[nH]1)NC(=O)C1CCC(=O)N1)C(C)(C)C)C(C)(C)C. The Morgan fingerprint density at radius 3 is 1.90 bits per heavy atom. The molecule has 2 saturated heterocycles. The Morgan fingerprint density at radius 1 is 0.713 bits per heavy atom. The number of aliphatic hydroxyl groups excluding tert-OH is 1. The van der Waals surface area contributed by atoms with Crippen LogP contribution in [0.5, 0.6) is 5.75 Å². The number of para-hydroxylation sites is 1. The molecule has 17 N–H and O–H groups in total. The van der Waals surface area contributed by atoms with Gasteiger partial charge in [-0.25, -0.2) is 4.98 Å². The number of aliphatic hydroxyl groups is 1. The fourth-order valence-corrected chi connectivity index (χ4v) is 10.4. The normalized spacial score (nSPS) is 17.4.